The van der Waals surface area contributed by atoms with Gasteiger partial charge < -0.3 is 4.57 Å². The smallest absolute Gasteiger partial charge is 0.200 e. The van der Waals surface area contributed by atoms with Crippen molar-refractivity contribution in [2.45, 2.75) is 19.3 Å². The summed E-state index contributed by atoms with van der Waals surface area (Å²) in [4.78, 5) is 38.9. The minimum absolute atomic E-state index is 0.191. The van der Waals surface area contributed by atoms with Gasteiger partial charge in [0.2, 0.25) is 5.78 Å². The maximum atomic E-state index is 11.9. The number of rotatable bonds is 2. The quantitative estimate of drug-likeness (QED) is 0.539. The molecule has 5 heteroatoms. The SMILES string of the molecule is Cn1cnc(C(=O)C2C(=O)CCCC2=O)c1. The van der Waals surface area contributed by atoms with Gasteiger partial charge in [-0.25, -0.2) is 4.98 Å². The van der Waals surface area contributed by atoms with E-state index in [2.05, 4.69) is 4.98 Å². The van der Waals surface area contributed by atoms with Gasteiger partial charge in [-0.05, 0) is 6.42 Å². The zero-order valence-electron chi connectivity index (χ0n) is 8.97. The minimum Gasteiger partial charge on any atom is -0.340 e. The summed E-state index contributed by atoms with van der Waals surface area (Å²) in [6.45, 7) is 0. The molecule has 1 fully saturated rings. The molecule has 1 saturated carbocycles. The van der Waals surface area contributed by atoms with Crippen molar-refractivity contribution in [3.05, 3.63) is 18.2 Å². The third-order valence-electron chi connectivity index (χ3n) is 2.71. The summed E-state index contributed by atoms with van der Waals surface area (Å²) in [6, 6.07) is 0. The maximum absolute atomic E-state index is 11.9. The van der Waals surface area contributed by atoms with Crippen LogP contribution in [0.4, 0.5) is 0 Å². The molecule has 16 heavy (non-hydrogen) atoms. The maximum Gasteiger partial charge on any atom is 0.200 e. The molecule has 1 aliphatic rings. The van der Waals surface area contributed by atoms with Gasteiger partial charge in [0.25, 0.3) is 0 Å². The van der Waals surface area contributed by atoms with Crippen LogP contribution in [0.1, 0.15) is 29.8 Å². The lowest BCUT2D eigenvalue weighted by Gasteiger charge is -2.16. The largest absolute Gasteiger partial charge is 0.340 e. The molecule has 0 spiro atoms. The second-order valence-corrected chi connectivity index (χ2v) is 4.01. The van der Waals surface area contributed by atoms with Gasteiger partial charge in [0.05, 0.1) is 6.33 Å². The van der Waals surface area contributed by atoms with Gasteiger partial charge in [-0.3, -0.25) is 14.4 Å². The van der Waals surface area contributed by atoms with Crippen LogP contribution in [-0.2, 0) is 16.6 Å². The summed E-state index contributed by atoms with van der Waals surface area (Å²) in [5, 5.41) is 0. The number of hydrogen-bond acceptors (Lipinski definition) is 4. The second kappa shape index (κ2) is 4.00. The fraction of sp³-hybridized carbons (Fsp3) is 0.455. The molecule has 0 saturated heterocycles. The van der Waals surface area contributed by atoms with E-state index in [1.807, 2.05) is 0 Å². The van der Waals surface area contributed by atoms with Crippen molar-refractivity contribution in [3.63, 3.8) is 0 Å². The summed E-state index contributed by atoms with van der Waals surface area (Å²) < 4.78 is 1.62. The Hall–Kier alpha value is -1.78. The third kappa shape index (κ3) is 1.80. The Morgan fingerprint density at radius 2 is 2.00 bits per heavy atom. The first-order chi connectivity index (χ1) is 7.59. The lowest BCUT2D eigenvalue weighted by Crippen LogP contribution is -2.35. The predicted molar refractivity (Wildman–Crippen MR) is 54.9 cm³/mol. The Morgan fingerprint density at radius 1 is 1.38 bits per heavy atom. The van der Waals surface area contributed by atoms with Crippen molar-refractivity contribution in [1.82, 2.24) is 9.55 Å². The zero-order chi connectivity index (χ0) is 11.7. The topological polar surface area (TPSA) is 69.0 Å². The first-order valence-electron chi connectivity index (χ1n) is 5.17. The number of aryl methyl sites for hydroxylation is 1. The molecule has 1 aliphatic carbocycles. The average Bonchev–Trinajstić information content (AvgIpc) is 2.64. The second-order valence-electron chi connectivity index (χ2n) is 4.01. The van der Waals surface area contributed by atoms with Crippen molar-refractivity contribution in [1.29, 1.82) is 0 Å². The van der Waals surface area contributed by atoms with Crippen LogP contribution in [0.5, 0.6) is 0 Å². The van der Waals surface area contributed by atoms with Gasteiger partial charge >= 0.3 is 0 Å². The lowest BCUT2D eigenvalue weighted by atomic mass is 9.83. The molecule has 0 radical (unpaired) electrons. The van der Waals surface area contributed by atoms with Gasteiger partial charge in [0, 0.05) is 26.1 Å². The highest BCUT2D eigenvalue weighted by molar-refractivity contribution is 6.24. The number of Topliss-reactive ketones (excluding diaryl/α,β-unsaturated/α-hetero) is 3. The molecular weight excluding hydrogens is 208 g/mol. The van der Waals surface area contributed by atoms with Gasteiger partial charge in [-0.1, -0.05) is 0 Å². The van der Waals surface area contributed by atoms with Crippen LogP contribution in [-0.4, -0.2) is 26.9 Å². The highest BCUT2D eigenvalue weighted by atomic mass is 16.2. The summed E-state index contributed by atoms with van der Waals surface area (Å²) in [7, 11) is 1.73. The van der Waals surface area contributed by atoms with Crippen molar-refractivity contribution in [3.8, 4) is 0 Å². The molecule has 0 N–H and O–H groups in total. The zero-order valence-corrected chi connectivity index (χ0v) is 8.97. The fourth-order valence-electron chi connectivity index (χ4n) is 1.89. The van der Waals surface area contributed by atoms with E-state index < -0.39 is 11.7 Å². The molecule has 2 rings (SSSR count). The molecule has 1 heterocycles. The predicted octanol–water partition coefficient (Wildman–Crippen LogP) is 0.541. The Balaban J connectivity index is 2.26. The van der Waals surface area contributed by atoms with Crippen LogP contribution in [0.25, 0.3) is 0 Å². The van der Waals surface area contributed by atoms with Gasteiger partial charge in [0.1, 0.15) is 11.6 Å². The monoisotopic (exact) mass is 220 g/mol. The summed E-state index contributed by atoms with van der Waals surface area (Å²) in [6.07, 6.45) is 4.19. The van der Waals surface area contributed by atoms with E-state index in [0.717, 1.165) is 0 Å². The Morgan fingerprint density at radius 3 is 2.50 bits per heavy atom. The van der Waals surface area contributed by atoms with Crippen LogP contribution >= 0.6 is 0 Å². The minimum atomic E-state index is -1.11. The normalized spacial score (nSPS) is 17.8. The highest BCUT2D eigenvalue weighted by Crippen LogP contribution is 2.20. The summed E-state index contributed by atoms with van der Waals surface area (Å²) in [5.74, 6) is -2.11. The molecule has 0 aliphatic heterocycles. The molecule has 1 aromatic rings. The van der Waals surface area contributed by atoms with Crippen LogP contribution in [0, 0.1) is 5.92 Å². The Bertz CT molecular complexity index is 446. The number of aromatic nitrogens is 2. The molecule has 0 bridgehead atoms. The summed E-state index contributed by atoms with van der Waals surface area (Å²) >= 11 is 0. The number of ketones is 3. The van der Waals surface area contributed by atoms with E-state index in [1.165, 1.54) is 12.5 Å². The number of hydrogen-bond donors (Lipinski definition) is 0. The molecule has 0 aromatic carbocycles. The van der Waals surface area contributed by atoms with E-state index in [9.17, 15) is 14.4 Å². The third-order valence-corrected chi connectivity index (χ3v) is 2.71. The van der Waals surface area contributed by atoms with E-state index in [-0.39, 0.29) is 17.3 Å². The van der Waals surface area contributed by atoms with Gasteiger partial charge in [-0.2, -0.15) is 0 Å². The number of carbonyl (C=O) groups is 3. The molecule has 84 valence electrons. The van der Waals surface area contributed by atoms with Crippen molar-refractivity contribution in [2.75, 3.05) is 0 Å². The number of imidazole rings is 1. The van der Waals surface area contributed by atoms with E-state index in [0.29, 0.717) is 19.3 Å². The molecule has 0 unspecified atom stereocenters. The summed E-state index contributed by atoms with van der Waals surface area (Å²) in [5.41, 5.74) is 0.191. The van der Waals surface area contributed by atoms with Crippen LogP contribution < -0.4 is 0 Å². The number of nitrogens with zero attached hydrogens (tertiary/aromatic N) is 2. The number of carbonyl (C=O) groups excluding carboxylic acids is 3. The van der Waals surface area contributed by atoms with E-state index >= 15 is 0 Å². The molecule has 0 atom stereocenters. The van der Waals surface area contributed by atoms with Crippen LogP contribution in [0.2, 0.25) is 0 Å². The Labute approximate surface area is 92.5 Å². The molecule has 5 nitrogen and oxygen atoms in total. The highest BCUT2D eigenvalue weighted by Gasteiger charge is 2.37. The van der Waals surface area contributed by atoms with Crippen molar-refractivity contribution in [2.24, 2.45) is 13.0 Å². The molecular formula is C11H12N2O3. The standard InChI is InChI=1S/C11H12N2O3/c1-13-5-7(12-6-13)11(16)10-8(14)3-2-4-9(10)15/h5-6,10H,2-4H2,1H3. The molecule has 0 amide bonds. The first kappa shape index (κ1) is 10.7. The van der Waals surface area contributed by atoms with Crippen molar-refractivity contribution >= 4 is 17.3 Å². The fourth-order valence-corrected chi connectivity index (χ4v) is 1.89. The van der Waals surface area contributed by atoms with Gasteiger partial charge in [0.15, 0.2) is 11.6 Å². The van der Waals surface area contributed by atoms with Crippen LogP contribution in [0.3, 0.4) is 0 Å². The average molecular weight is 220 g/mol. The van der Waals surface area contributed by atoms with Gasteiger partial charge in [-0.15, -0.1) is 0 Å². The Kier molecular flexibility index (Phi) is 2.68. The van der Waals surface area contributed by atoms with Crippen molar-refractivity contribution < 1.29 is 14.4 Å². The van der Waals surface area contributed by atoms with E-state index in [1.54, 1.807) is 11.6 Å². The van der Waals surface area contributed by atoms with Crippen LogP contribution in [0.15, 0.2) is 12.5 Å². The first-order valence-corrected chi connectivity index (χ1v) is 5.17. The molecule has 1 aromatic heterocycles. The van der Waals surface area contributed by atoms with E-state index in [4.69, 9.17) is 0 Å². The lowest BCUT2D eigenvalue weighted by molar-refractivity contribution is -0.133.